The molecule has 0 atom stereocenters. The van der Waals surface area contributed by atoms with Crippen molar-refractivity contribution in [2.45, 2.75) is 26.8 Å². The highest BCUT2D eigenvalue weighted by atomic mass is 19.1. The molecule has 3 N–H and O–H groups in total. The lowest BCUT2D eigenvalue weighted by Gasteiger charge is -2.09. The maximum absolute atomic E-state index is 13.7. The molecular formula is C18H18FN5. The van der Waals surface area contributed by atoms with Crippen molar-refractivity contribution >= 4 is 27.6 Å². The number of fused-ring (bicyclic) bond motifs is 2. The molecule has 0 unspecified atom stereocenters. The number of nitrogens with zero attached hydrogens (tertiary/aromatic N) is 3. The maximum Gasteiger partial charge on any atom is 0.153 e. The highest BCUT2D eigenvalue weighted by molar-refractivity contribution is 5.92. The van der Waals surface area contributed by atoms with Crippen LogP contribution >= 0.6 is 0 Å². The lowest BCUT2D eigenvalue weighted by Crippen LogP contribution is -2.05. The number of hydrogen-bond acceptors (Lipinski definition) is 3. The monoisotopic (exact) mass is 323 g/mol. The molecule has 0 spiro atoms. The van der Waals surface area contributed by atoms with Gasteiger partial charge in [-0.3, -0.25) is 9.78 Å². The average molecular weight is 323 g/mol. The maximum atomic E-state index is 13.7. The van der Waals surface area contributed by atoms with Gasteiger partial charge in [-0.2, -0.15) is 10.2 Å². The van der Waals surface area contributed by atoms with Crippen molar-refractivity contribution in [2.75, 3.05) is 5.73 Å². The number of hydrogen-bond donors (Lipinski definition) is 2. The van der Waals surface area contributed by atoms with Gasteiger partial charge in [0, 0.05) is 17.3 Å². The van der Waals surface area contributed by atoms with Crippen molar-refractivity contribution < 1.29 is 4.39 Å². The molecule has 0 fully saturated rings. The molecule has 4 rings (SSSR count). The molecule has 0 aliphatic rings. The Morgan fingerprint density at radius 2 is 2.04 bits per heavy atom. The summed E-state index contributed by atoms with van der Waals surface area (Å²) in [6.07, 6.45) is 2.51. The fourth-order valence-electron chi connectivity index (χ4n) is 3.30. The van der Waals surface area contributed by atoms with Crippen LogP contribution in [-0.4, -0.2) is 20.0 Å². The van der Waals surface area contributed by atoms with Gasteiger partial charge in [0.1, 0.15) is 5.82 Å². The van der Waals surface area contributed by atoms with E-state index in [1.807, 2.05) is 10.7 Å². The van der Waals surface area contributed by atoms with Crippen LogP contribution in [0.3, 0.4) is 0 Å². The van der Waals surface area contributed by atoms with Gasteiger partial charge in [-0.05, 0) is 55.2 Å². The molecule has 0 saturated carbocycles. The Labute approximate surface area is 138 Å². The van der Waals surface area contributed by atoms with E-state index in [2.05, 4.69) is 28.3 Å². The van der Waals surface area contributed by atoms with Crippen LogP contribution in [0, 0.1) is 19.7 Å². The summed E-state index contributed by atoms with van der Waals surface area (Å²) in [5, 5.41) is 13.3. The molecule has 0 aliphatic heterocycles. The Morgan fingerprint density at radius 1 is 1.21 bits per heavy atom. The highest BCUT2D eigenvalue weighted by Gasteiger charge is 2.13. The van der Waals surface area contributed by atoms with Gasteiger partial charge in [-0.15, -0.1) is 0 Å². The lowest BCUT2D eigenvalue weighted by molar-refractivity contribution is 0.619. The van der Waals surface area contributed by atoms with Crippen LogP contribution < -0.4 is 5.73 Å². The second-order valence-corrected chi connectivity index (χ2v) is 6.12. The Balaban J connectivity index is 1.73. The Kier molecular flexibility index (Phi) is 3.26. The van der Waals surface area contributed by atoms with E-state index in [-0.39, 0.29) is 5.82 Å². The van der Waals surface area contributed by atoms with Gasteiger partial charge in [0.05, 0.1) is 17.2 Å². The molecule has 4 aromatic rings. The van der Waals surface area contributed by atoms with Crippen molar-refractivity contribution in [2.24, 2.45) is 0 Å². The van der Waals surface area contributed by atoms with E-state index < -0.39 is 0 Å². The normalized spacial score (nSPS) is 11.6. The van der Waals surface area contributed by atoms with Gasteiger partial charge in [0.2, 0.25) is 0 Å². The quantitative estimate of drug-likeness (QED) is 0.606. The highest BCUT2D eigenvalue weighted by Crippen LogP contribution is 2.27. The van der Waals surface area contributed by atoms with Crippen LogP contribution in [0.4, 0.5) is 10.2 Å². The van der Waals surface area contributed by atoms with Crippen molar-refractivity contribution in [3.63, 3.8) is 0 Å². The third-order valence-electron chi connectivity index (χ3n) is 4.70. The summed E-state index contributed by atoms with van der Waals surface area (Å²) in [5.74, 6) is 0.320. The van der Waals surface area contributed by atoms with Gasteiger partial charge < -0.3 is 5.73 Å². The van der Waals surface area contributed by atoms with E-state index in [0.717, 1.165) is 28.2 Å². The topological polar surface area (TPSA) is 72.5 Å². The first kappa shape index (κ1) is 14.7. The third kappa shape index (κ3) is 2.14. The number of H-pyrrole nitrogens is 1. The molecule has 2 aromatic carbocycles. The van der Waals surface area contributed by atoms with Crippen LogP contribution in [0.15, 0.2) is 30.5 Å². The fourth-order valence-corrected chi connectivity index (χ4v) is 3.30. The minimum atomic E-state index is -0.200. The van der Waals surface area contributed by atoms with Crippen molar-refractivity contribution in [3.05, 3.63) is 53.0 Å². The number of aromatic nitrogens is 4. The van der Waals surface area contributed by atoms with Crippen LogP contribution in [0.1, 0.15) is 16.7 Å². The summed E-state index contributed by atoms with van der Waals surface area (Å²) >= 11 is 0. The first-order valence-corrected chi connectivity index (χ1v) is 7.89. The van der Waals surface area contributed by atoms with Crippen LogP contribution in [0.5, 0.6) is 0 Å². The van der Waals surface area contributed by atoms with Gasteiger partial charge >= 0.3 is 0 Å². The number of anilines is 1. The molecular weight excluding hydrogens is 305 g/mol. The molecule has 0 saturated heterocycles. The Morgan fingerprint density at radius 3 is 2.88 bits per heavy atom. The number of rotatable bonds is 3. The van der Waals surface area contributed by atoms with Crippen molar-refractivity contribution in [3.8, 4) is 0 Å². The predicted molar refractivity (Wildman–Crippen MR) is 93.4 cm³/mol. The SMILES string of the molecule is Cc1ccc2[nH]nc(N)c2c1CCn1ncc2c(C)c(F)ccc21. The Bertz CT molecular complexity index is 1060. The minimum Gasteiger partial charge on any atom is -0.382 e. The first-order valence-electron chi connectivity index (χ1n) is 7.89. The number of aryl methyl sites for hydroxylation is 4. The summed E-state index contributed by atoms with van der Waals surface area (Å²) in [7, 11) is 0. The minimum absolute atomic E-state index is 0.200. The zero-order valence-electron chi connectivity index (χ0n) is 13.6. The van der Waals surface area contributed by atoms with E-state index in [0.29, 0.717) is 17.9 Å². The average Bonchev–Trinajstić information content (AvgIpc) is 3.15. The summed E-state index contributed by atoms with van der Waals surface area (Å²) in [6, 6.07) is 7.34. The third-order valence-corrected chi connectivity index (χ3v) is 4.70. The summed E-state index contributed by atoms with van der Waals surface area (Å²) in [4.78, 5) is 0. The largest absolute Gasteiger partial charge is 0.382 e. The molecule has 0 amide bonds. The number of nitrogens with two attached hydrogens (primary N) is 1. The number of aromatic amines is 1. The van der Waals surface area contributed by atoms with E-state index >= 15 is 0 Å². The fraction of sp³-hybridized carbons (Fsp3) is 0.222. The lowest BCUT2D eigenvalue weighted by atomic mass is 10.0. The molecule has 0 aliphatic carbocycles. The van der Waals surface area contributed by atoms with E-state index in [9.17, 15) is 4.39 Å². The van der Waals surface area contributed by atoms with Crippen LogP contribution in [0.2, 0.25) is 0 Å². The molecule has 2 aromatic heterocycles. The van der Waals surface area contributed by atoms with Crippen molar-refractivity contribution in [1.82, 2.24) is 20.0 Å². The zero-order chi connectivity index (χ0) is 16.8. The van der Waals surface area contributed by atoms with Gasteiger partial charge in [-0.25, -0.2) is 4.39 Å². The number of nitrogens with one attached hydrogen (secondary N) is 1. The molecule has 0 radical (unpaired) electrons. The smallest absolute Gasteiger partial charge is 0.153 e. The van der Waals surface area contributed by atoms with Crippen LogP contribution in [-0.2, 0) is 13.0 Å². The second-order valence-electron chi connectivity index (χ2n) is 6.12. The second kappa shape index (κ2) is 5.33. The summed E-state index contributed by atoms with van der Waals surface area (Å²) in [6.45, 7) is 4.54. The predicted octanol–water partition coefficient (Wildman–Crippen LogP) is 3.49. The zero-order valence-corrected chi connectivity index (χ0v) is 13.6. The summed E-state index contributed by atoms with van der Waals surface area (Å²) < 4.78 is 15.6. The summed E-state index contributed by atoms with van der Waals surface area (Å²) in [5.41, 5.74) is 10.9. The molecule has 6 heteroatoms. The van der Waals surface area contributed by atoms with Gasteiger partial charge in [0.25, 0.3) is 0 Å². The number of benzene rings is 2. The molecule has 122 valence electrons. The standard InChI is InChI=1S/C18H18FN5/c1-10-3-5-15-17(18(20)23-22-15)12(10)7-8-24-16-6-4-14(19)11(2)13(16)9-21-24/h3-6,9H,7-8H2,1-2H3,(H3,20,22,23). The Hall–Kier alpha value is -2.89. The van der Waals surface area contributed by atoms with Crippen molar-refractivity contribution in [1.29, 1.82) is 0 Å². The number of halogens is 1. The molecule has 24 heavy (non-hydrogen) atoms. The van der Waals surface area contributed by atoms with E-state index in [4.69, 9.17) is 5.73 Å². The van der Waals surface area contributed by atoms with E-state index in [1.54, 1.807) is 19.2 Å². The number of nitrogen functional groups attached to an aromatic ring is 1. The van der Waals surface area contributed by atoms with Gasteiger partial charge in [0.15, 0.2) is 5.82 Å². The molecule has 5 nitrogen and oxygen atoms in total. The molecule has 0 bridgehead atoms. The van der Waals surface area contributed by atoms with Gasteiger partial charge in [-0.1, -0.05) is 6.07 Å². The van der Waals surface area contributed by atoms with E-state index in [1.165, 1.54) is 17.2 Å². The first-order chi connectivity index (χ1) is 11.6. The molecule has 2 heterocycles. The van der Waals surface area contributed by atoms with Crippen LogP contribution in [0.25, 0.3) is 21.8 Å².